The number of aromatic nitrogens is 2. The maximum atomic E-state index is 13.8. The predicted octanol–water partition coefficient (Wildman–Crippen LogP) is 4.42. The Labute approximate surface area is 226 Å². The molecule has 0 N–H and O–H groups in total. The number of ether oxygens (including phenoxy) is 2. The molecule has 10 nitrogen and oxygen atoms in total. The van der Waals surface area contributed by atoms with Gasteiger partial charge >= 0.3 is 0 Å². The molecule has 0 bridgehead atoms. The van der Waals surface area contributed by atoms with Gasteiger partial charge in [0.25, 0.3) is 11.6 Å². The Balaban J connectivity index is 1.45. The molecule has 0 atom stereocenters. The molecule has 2 heterocycles. The molecule has 0 aliphatic carbocycles. The summed E-state index contributed by atoms with van der Waals surface area (Å²) < 4.78 is 12.4. The van der Waals surface area contributed by atoms with E-state index < -0.39 is 4.92 Å². The van der Waals surface area contributed by atoms with Crippen molar-refractivity contribution in [2.75, 3.05) is 40.4 Å². The van der Waals surface area contributed by atoms with E-state index in [1.165, 1.54) is 17.7 Å². The van der Waals surface area contributed by atoms with E-state index >= 15 is 0 Å². The van der Waals surface area contributed by atoms with Gasteiger partial charge in [-0.3, -0.25) is 19.8 Å². The van der Waals surface area contributed by atoms with Gasteiger partial charge in [-0.15, -0.1) is 0 Å². The normalized spacial score (nSPS) is 13.7. The zero-order chi connectivity index (χ0) is 27.4. The van der Waals surface area contributed by atoms with E-state index in [1.807, 2.05) is 29.2 Å². The van der Waals surface area contributed by atoms with Crippen molar-refractivity contribution in [3.8, 4) is 28.4 Å². The number of rotatable bonds is 8. The molecule has 200 valence electrons. The fourth-order valence-corrected chi connectivity index (χ4v) is 4.70. The van der Waals surface area contributed by atoms with E-state index in [2.05, 4.69) is 17.0 Å². The minimum absolute atomic E-state index is 0.0367. The maximum Gasteiger partial charge on any atom is 0.272 e. The van der Waals surface area contributed by atoms with E-state index in [4.69, 9.17) is 14.6 Å². The van der Waals surface area contributed by atoms with Crippen molar-refractivity contribution in [1.82, 2.24) is 19.6 Å². The second kappa shape index (κ2) is 11.4. The van der Waals surface area contributed by atoms with Gasteiger partial charge in [-0.2, -0.15) is 5.10 Å². The van der Waals surface area contributed by atoms with Crippen molar-refractivity contribution in [3.05, 3.63) is 100 Å². The number of hydrogen-bond acceptors (Lipinski definition) is 7. The first-order chi connectivity index (χ1) is 19.0. The molecule has 0 spiro atoms. The Morgan fingerprint density at radius 1 is 0.923 bits per heavy atom. The third-order valence-electron chi connectivity index (χ3n) is 6.83. The number of non-ortho nitro benzene ring substituents is 1. The fraction of sp³-hybridized carbons (Fsp3) is 0.241. The molecule has 0 radical (unpaired) electrons. The smallest absolute Gasteiger partial charge is 0.272 e. The first-order valence-corrected chi connectivity index (χ1v) is 12.6. The summed E-state index contributed by atoms with van der Waals surface area (Å²) in [5.41, 5.74) is 3.36. The van der Waals surface area contributed by atoms with Crippen LogP contribution >= 0.6 is 0 Å². The van der Waals surface area contributed by atoms with Crippen LogP contribution in [0.25, 0.3) is 16.9 Å². The van der Waals surface area contributed by atoms with Crippen LogP contribution < -0.4 is 9.47 Å². The lowest BCUT2D eigenvalue weighted by atomic mass is 10.1. The number of nitro groups is 1. The molecule has 0 saturated carbocycles. The molecule has 4 aromatic rings. The minimum atomic E-state index is -0.457. The standard InChI is InChI=1S/C29H29N5O5/c1-38-24-12-13-25(28(18-24)39-2)26-19-27(33(30-26)22-8-10-23(11-9-22)34(36)37)29(35)32-16-14-31(15-17-32)20-21-6-4-3-5-7-21/h3-13,18-19H,14-17,20H2,1-2H3. The van der Waals surface area contributed by atoms with Crippen molar-refractivity contribution in [2.45, 2.75) is 6.54 Å². The molecule has 39 heavy (non-hydrogen) atoms. The number of piperazine rings is 1. The summed E-state index contributed by atoms with van der Waals surface area (Å²) in [4.78, 5) is 28.7. The summed E-state index contributed by atoms with van der Waals surface area (Å²) in [5, 5.41) is 15.9. The molecule has 1 aliphatic rings. The highest BCUT2D eigenvalue weighted by Crippen LogP contribution is 2.34. The van der Waals surface area contributed by atoms with Crippen molar-refractivity contribution < 1.29 is 19.2 Å². The van der Waals surface area contributed by atoms with E-state index in [-0.39, 0.29) is 11.6 Å². The summed E-state index contributed by atoms with van der Waals surface area (Å²) >= 11 is 0. The van der Waals surface area contributed by atoms with Gasteiger partial charge in [0.15, 0.2) is 0 Å². The third kappa shape index (κ3) is 5.60. The number of nitrogens with zero attached hydrogens (tertiary/aromatic N) is 5. The van der Waals surface area contributed by atoms with E-state index in [0.717, 1.165) is 19.6 Å². The van der Waals surface area contributed by atoms with Gasteiger partial charge in [-0.25, -0.2) is 4.68 Å². The Morgan fingerprint density at radius 2 is 1.64 bits per heavy atom. The van der Waals surface area contributed by atoms with Crippen LogP contribution in [0.3, 0.4) is 0 Å². The minimum Gasteiger partial charge on any atom is -0.497 e. The second-order valence-corrected chi connectivity index (χ2v) is 9.22. The van der Waals surface area contributed by atoms with Crippen molar-refractivity contribution in [2.24, 2.45) is 0 Å². The van der Waals surface area contributed by atoms with Crippen LogP contribution in [-0.2, 0) is 6.54 Å². The summed E-state index contributed by atoms with van der Waals surface area (Å²) in [6.45, 7) is 3.51. The summed E-state index contributed by atoms with van der Waals surface area (Å²) in [7, 11) is 3.14. The Morgan fingerprint density at radius 3 is 2.28 bits per heavy atom. The second-order valence-electron chi connectivity index (χ2n) is 9.22. The monoisotopic (exact) mass is 527 g/mol. The number of hydrogen-bond donors (Lipinski definition) is 0. The summed E-state index contributed by atoms with van der Waals surface area (Å²) in [6, 6.07) is 23.4. The zero-order valence-electron chi connectivity index (χ0n) is 21.8. The molecule has 10 heteroatoms. The predicted molar refractivity (Wildman–Crippen MR) is 146 cm³/mol. The fourth-order valence-electron chi connectivity index (χ4n) is 4.70. The first kappa shape index (κ1) is 25.9. The highest BCUT2D eigenvalue weighted by atomic mass is 16.6. The first-order valence-electron chi connectivity index (χ1n) is 12.6. The van der Waals surface area contributed by atoms with Crippen molar-refractivity contribution >= 4 is 11.6 Å². The Kier molecular flexibility index (Phi) is 7.55. The lowest BCUT2D eigenvalue weighted by Crippen LogP contribution is -2.48. The van der Waals surface area contributed by atoms with Gasteiger partial charge in [0.1, 0.15) is 17.2 Å². The van der Waals surface area contributed by atoms with E-state index in [9.17, 15) is 14.9 Å². The van der Waals surface area contributed by atoms with Gasteiger partial charge < -0.3 is 14.4 Å². The molecular formula is C29H29N5O5. The van der Waals surface area contributed by atoms with Crippen LogP contribution in [0, 0.1) is 10.1 Å². The number of carbonyl (C=O) groups is 1. The van der Waals surface area contributed by atoms with Gasteiger partial charge in [-0.1, -0.05) is 30.3 Å². The third-order valence-corrected chi connectivity index (χ3v) is 6.83. The quantitative estimate of drug-likeness (QED) is 0.247. The average Bonchev–Trinajstić information content (AvgIpc) is 3.42. The number of carbonyl (C=O) groups excluding carboxylic acids is 1. The molecule has 5 rings (SSSR count). The van der Waals surface area contributed by atoms with Crippen LogP contribution in [0.2, 0.25) is 0 Å². The van der Waals surface area contributed by atoms with Crippen LogP contribution in [-0.4, -0.2) is 70.8 Å². The molecule has 1 fully saturated rings. The van der Waals surface area contributed by atoms with E-state index in [1.54, 1.807) is 49.2 Å². The lowest BCUT2D eigenvalue weighted by Gasteiger charge is -2.34. The number of amides is 1. The topological polar surface area (TPSA) is 103 Å². The highest BCUT2D eigenvalue weighted by molar-refractivity contribution is 5.94. The molecule has 1 aliphatic heterocycles. The zero-order valence-corrected chi connectivity index (χ0v) is 21.8. The van der Waals surface area contributed by atoms with Gasteiger partial charge in [0.05, 0.1) is 30.5 Å². The maximum absolute atomic E-state index is 13.8. The average molecular weight is 528 g/mol. The number of methoxy groups -OCH3 is 2. The van der Waals surface area contributed by atoms with Gasteiger partial charge in [0.2, 0.25) is 0 Å². The SMILES string of the molecule is COc1ccc(-c2cc(C(=O)N3CCN(Cc4ccccc4)CC3)n(-c3ccc([N+](=O)[O-])cc3)n2)c(OC)c1. The number of benzene rings is 3. The van der Waals surface area contributed by atoms with Crippen LogP contribution in [0.1, 0.15) is 16.1 Å². The molecule has 1 amide bonds. The summed E-state index contributed by atoms with van der Waals surface area (Å²) in [6.07, 6.45) is 0. The summed E-state index contributed by atoms with van der Waals surface area (Å²) in [5.74, 6) is 1.03. The highest BCUT2D eigenvalue weighted by Gasteiger charge is 2.27. The Bertz CT molecular complexity index is 1460. The van der Waals surface area contributed by atoms with Gasteiger partial charge in [0, 0.05) is 56.5 Å². The molecule has 1 aromatic heterocycles. The molecular weight excluding hydrogens is 498 g/mol. The molecule has 3 aromatic carbocycles. The number of nitro benzene ring substituents is 1. The largest absolute Gasteiger partial charge is 0.497 e. The van der Waals surface area contributed by atoms with Gasteiger partial charge in [-0.05, 0) is 35.9 Å². The van der Waals surface area contributed by atoms with Crippen LogP contribution in [0.15, 0.2) is 78.9 Å². The van der Waals surface area contributed by atoms with Crippen LogP contribution in [0.4, 0.5) is 5.69 Å². The van der Waals surface area contributed by atoms with Crippen LogP contribution in [0.5, 0.6) is 11.5 Å². The van der Waals surface area contributed by atoms with Crippen molar-refractivity contribution in [1.29, 1.82) is 0 Å². The van der Waals surface area contributed by atoms with Crippen molar-refractivity contribution in [3.63, 3.8) is 0 Å². The van der Waals surface area contributed by atoms with E-state index in [0.29, 0.717) is 47.2 Å². The molecule has 0 unspecified atom stereocenters. The molecule has 1 saturated heterocycles. The Hall–Kier alpha value is -4.70. The lowest BCUT2D eigenvalue weighted by molar-refractivity contribution is -0.384.